The first kappa shape index (κ1) is 56.9. The first-order chi connectivity index (χ1) is 28.3. The summed E-state index contributed by atoms with van der Waals surface area (Å²) < 4.78 is 77.2. The number of carboxylic acid groups (broad SMARTS) is 1. The first-order valence-corrected chi connectivity index (χ1v) is 23.7. The SMILES string of the molecule is CCC(CC)Nc1c([N+](=O)[O-])cc(C)c(C)c1[N+](=O)[O-].CS(=O)(=O)NC(=O)c1cc(Oc2ccc(C(F)(F)F)cc2Cl)ccc1[N+](=O)[O-].C[S+](C)C.O=C(O)CNCP(=O)([O-])O. The van der Waals surface area contributed by atoms with Crippen molar-refractivity contribution < 1.29 is 70.1 Å². The van der Waals surface area contributed by atoms with Gasteiger partial charge in [-0.1, -0.05) is 25.4 Å². The van der Waals surface area contributed by atoms with E-state index < -0.39 is 85.1 Å². The van der Waals surface area contributed by atoms with Crippen LogP contribution in [0.15, 0.2) is 42.5 Å². The summed E-state index contributed by atoms with van der Waals surface area (Å²) in [4.78, 5) is 71.2. The molecule has 0 saturated carbocycles. The zero-order chi connectivity index (χ0) is 48.5. The van der Waals surface area contributed by atoms with Gasteiger partial charge in [-0.15, -0.1) is 0 Å². The second-order valence-corrected chi connectivity index (χ2v) is 19.2. The number of aryl methyl sites for hydroxylation is 1. The number of nitro groups is 3. The fourth-order valence-corrected chi connectivity index (χ4v) is 5.49. The molecular formula is C34H45ClF3N6O15PS2. The molecule has 0 heterocycles. The average molecular weight is 965 g/mol. The summed E-state index contributed by atoms with van der Waals surface area (Å²) in [7, 11) is -7.71. The second kappa shape index (κ2) is 25.1. The Kier molecular flexibility index (Phi) is 23.0. The van der Waals surface area contributed by atoms with Crippen LogP contribution in [-0.2, 0) is 36.5 Å². The monoisotopic (exact) mass is 964 g/mol. The zero-order valence-corrected chi connectivity index (χ0v) is 37.5. The van der Waals surface area contributed by atoms with Crippen LogP contribution in [0.4, 0.5) is 35.9 Å². The third kappa shape index (κ3) is 21.1. The van der Waals surface area contributed by atoms with E-state index in [1.165, 1.54) is 6.07 Å². The number of carbonyl (C=O) groups is 2. The van der Waals surface area contributed by atoms with Gasteiger partial charge in [0.2, 0.25) is 10.0 Å². The lowest BCUT2D eigenvalue weighted by atomic mass is 10.0. The highest BCUT2D eigenvalue weighted by molar-refractivity contribution is 7.94. The molecular weight excluding hydrogens is 920 g/mol. The highest BCUT2D eigenvalue weighted by Gasteiger charge is 2.32. The first-order valence-electron chi connectivity index (χ1n) is 17.2. The number of rotatable bonds is 15. The van der Waals surface area contributed by atoms with Crippen LogP contribution in [0, 0.1) is 44.2 Å². The van der Waals surface area contributed by atoms with Crippen molar-refractivity contribution in [1.29, 1.82) is 0 Å². The Morgan fingerprint density at radius 1 is 0.952 bits per heavy atom. The Hall–Kier alpha value is -5.11. The van der Waals surface area contributed by atoms with Gasteiger partial charge in [0.05, 0.1) is 63.2 Å². The number of ether oxygens (including phenoxy) is 1. The van der Waals surface area contributed by atoms with E-state index in [1.807, 2.05) is 19.2 Å². The number of hydrogen-bond acceptors (Lipinski definition) is 15. The van der Waals surface area contributed by atoms with Crippen LogP contribution < -0.4 is 25.0 Å². The molecule has 1 atom stereocenters. The van der Waals surface area contributed by atoms with Gasteiger partial charge in [-0.2, -0.15) is 13.2 Å². The van der Waals surface area contributed by atoms with Crippen molar-refractivity contribution in [1.82, 2.24) is 10.0 Å². The van der Waals surface area contributed by atoms with Gasteiger partial charge in [0.1, 0.15) is 24.7 Å². The fourth-order valence-electron chi connectivity index (χ4n) is 4.43. The summed E-state index contributed by atoms with van der Waals surface area (Å²) in [5, 5.41) is 46.0. The van der Waals surface area contributed by atoms with Gasteiger partial charge in [0.15, 0.2) is 5.69 Å². The molecule has 5 N–H and O–H groups in total. The number of alkyl halides is 3. The molecule has 28 heteroatoms. The fraction of sp³-hybridized carbons (Fsp3) is 0.412. The summed E-state index contributed by atoms with van der Waals surface area (Å²) >= 11 is 5.76. The van der Waals surface area contributed by atoms with Crippen LogP contribution in [0.1, 0.15) is 53.7 Å². The molecule has 3 rings (SSSR count). The number of carboxylic acids is 1. The standard InChI is InChI=1S/C15H10ClF3N2O6S.C13H19N3O4.C3H8NO5P.C3H9S/c1-28(25,26)20-14(22)10-7-9(3-4-12(10)21(23)24)27-13-5-2-8(6-11(13)16)15(17,18)19;1-5-10(6-2)14-12-11(15(17)18)7-8(3)9(4)13(12)16(19)20;5-3(6)1-4-2-10(7,8)9;1-4(2)3/h2-7H,1H3,(H,20,22);7,10,14H,5-6H2,1-4H3;4H,1-2H2,(H,5,6)(H2,7,8,9);1-3H3/q;;;+1/p-1. The quantitative estimate of drug-likeness (QED) is 0.0495. The van der Waals surface area contributed by atoms with Gasteiger partial charge in [0.25, 0.3) is 17.3 Å². The summed E-state index contributed by atoms with van der Waals surface area (Å²) in [6, 6.07) is 6.44. The molecule has 0 saturated heterocycles. The largest absolute Gasteiger partial charge is 0.778 e. The minimum absolute atomic E-state index is 0.0109. The molecule has 0 aliphatic carbocycles. The lowest BCUT2D eigenvalue weighted by Gasteiger charge is -2.17. The summed E-state index contributed by atoms with van der Waals surface area (Å²) in [5.74, 6) is -2.85. The maximum atomic E-state index is 12.7. The summed E-state index contributed by atoms with van der Waals surface area (Å²) in [6.45, 7) is 6.62. The molecule has 0 bridgehead atoms. The van der Waals surface area contributed by atoms with Crippen molar-refractivity contribution in [3.05, 3.63) is 100 Å². The number of amides is 1. The van der Waals surface area contributed by atoms with Crippen LogP contribution in [-0.4, -0.2) is 89.0 Å². The topological polar surface area (TPSA) is 324 Å². The van der Waals surface area contributed by atoms with E-state index in [4.69, 9.17) is 26.3 Å². The van der Waals surface area contributed by atoms with E-state index in [0.717, 1.165) is 37.1 Å². The summed E-state index contributed by atoms with van der Waals surface area (Å²) in [5.41, 5.74) is -1.79. The Balaban J connectivity index is 0.000000948. The number of nitro benzene ring substituents is 3. The Morgan fingerprint density at radius 2 is 1.48 bits per heavy atom. The number of anilines is 1. The van der Waals surface area contributed by atoms with Gasteiger partial charge >= 0.3 is 17.8 Å². The molecule has 0 aliphatic heterocycles. The number of nitrogens with zero attached hydrogens (tertiary/aromatic N) is 3. The number of hydrogen-bond donors (Lipinski definition) is 5. The minimum Gasteiger partial charge on any atom is -0.778 e. The number of carbonyl (C=O) groups excluding carboxylic acids is 1. The minimum atomic E-state index is -4.62. The van der Waals surface area contributed by atoms with Crippen LogP contribution in [0.25, 0.3) is 0 Å². The number of sulfonamides is 1. The van der Waals surface area contributed by atoms with Gasteiger partial charge in [-0.25, -0.2) is 13.1 Å². The van der Waals surface area contributed by atoms with E-state index in [1.54, 1.807) is 18.6 Å². The molecule has 0 fully saturated rings. The average Bonchev–Trinajstić information content (AvgIpc) is 3.10. The van der Waals surface area contributed by atoms with Crippen molar-refractivity contribution in [2.75, 3.05) is 43.2 Å². The number of nitrogens with one attached hydrogen (secondary N) is 3. The predicted molar refractivity (Wildman–Crippen MR) is 225 cm³/mol. The highest BCUT2D eigenvalue weighted by atomic mass is 35.5. The van der Waals surface area contributed by atoms with Gasteiger partial charge in [0, 0.05) is 29.8 Å². The van der Waals surface area contributed by atoms with Crippen molar-refractivity contribution in [2.45, 2.75) is 52.8 Å². The number of aliphatic carboxylic acids is 1. The van der Waals surface area contributed by atoms with E-state index in [0.29, 0.717) is 40.4 Å². The van der Waals surface area contributed by atoms with Crippen molar-refractivity contribution in [3.63, 3.8) is 0 Å². The molecule has 3 aromatic carbocycles. The molecule has 0 aromatic heterocycles. The van der Waals surface area contributed by atoms with E-state index in [9.17, 15) is 71.0 Å². The maximum absolute atomic E-state index is 12.7. The molecule has 0 aliphatic rings. The molecule has 62 heavy (non-hydrogen) atoms. The second-order valence-electron chi connectivity index (χ2n) is 13.0. The Labute approximate surface area is 361 Å². The van der Waals surface area contributed by atoms with E-state index in [2.05, 4.69) is 24.1 Å². The normalized spacial score (nSPS) is 11.9. The van der Waals surface area contributed by atoms with Crippen molar-refractivity contribution >= 4 is 74.7 Å². The number of halogens is 4. The summed E-state index contributed by atoms with van der Waals surface area (Å²) in [6.07, 6.45) is 3.40. The van der Waals surface area contributed by atoms with Crippen LogP contribution >= 0.6 is 19.2 Å². The number of benzene rings is 3. The molecule has 1 unspecified atom stereocenters. The Morgan fingerprint density at radius 3 is 1.89 bits per heavy atom. The Bertz CT molecular complexity index is 2240. The molecule has 1 amide bonds. The van der Waals surface area contributed by atoms with Gasteiger partial charge in [-0.3, -0.25) is 45.2 Å². The van der Waals surface area contributed by atoms with Crippen LogP contribution in [0.2, 0.25) is 5.02 Å². The van der Waals surface area contributed by atoms with Crippen molar-refractivity contribution in [3.8, 4) is 11.5 Å². The molecule has 0 radical (unpaired) electrons. The third-order valence-electron chi connectivity index (χ3n) is 7.27. The maximum Gasteiger partial charge on any atom is 0.416 e. The van der Waals surface area contributed by atoms with E-state index >= 15 is 0 Å². The van der Waals surface area contributed by atoms with Gasteiger partial charge in [-0.05, 0) is 67.4 Å². The van der Waals surface area contributed by atoms with Crippen LogP contribution in [0.3, 0.4) is 0 Å². The van der Waals surface area contributed by atoms with E-state index in [-0.39, 0.29) is 34.6 Å². The molecule has 3 aromatic rings. The third-order valence-corrected chi connectivity index (χ3v) is 8.74. The highest BCUT2D eigenvalue weighted by Crippen LogP contribution is 2.40. The van der Waals surface area contributed by atoms with Gasteiger partial charge < -0.3 is 29.5 Å². The zero-order valence-electron chi connectivity index (χ0n) is 34.3. The lowest BCUT2D eigenvalue weighted by molar-refractivity contribution is -0.392. The molecule has 21 nitrogen and oxygen atoms in total. The molecule has 0 spiro atoms. The predicted octanol–water partition coefficient (Wildman–Crippen LogP) is 6.13. The van der Waals surface area contributed by atoms with Crippen LogP contribution in [0.5, 0.6) is 11.5 Å². The van der Waals surface area contributed by atoms with Crippen molar-refractivity contribution in [2.24, 2.45) is 0 Å². The molecule has 346 valence electrons. The smallest absolute Gasteiger partial charge is 0.416 e. The lowest BCUT2D eigenvalue weighted by Crippen LogP contribution is -2.29.